The van der Waals surface area contributed by atoms with Crippen molar-refractivity contribution in [3.8, 4) is 0 Å². The van der Waals surface area contributed by atoms with Gasteiger partial charge in [-0.25, -0.2) is 4.99 Å². The van der Waals surface area contributed by atoms with Crippen molar-refractivity contribution in [2.75, 3.05) is 13.1 Å². The molecule has 0 aromatic carbocycles. The molecule has 2 rings (SSSR count). The van der Waals surface area contributed by atoms with Gasteiger partial charge in [0.15, 0.2) is 0 Å². The van der Waals surface area contributed by atoms with Crippen LogP contribution < -0.4 is 11.1 Å². The van der Waals surface area contributed by atoms with Crippen LogP contribution in [0.5, 0.6) is 0 Å². The zero-order valence-electron chi connectivity index (χ0n) is 6.46. The van der Waals surface area contributed by atoms with Crippen LogP contribution >= 0.6 is 0 Å². The summed E-state index contributed by atoms with van der Waals surface area (Å²) < 4.78 is 0. The molecule has 1 fully saturated rings. The fourth-order valence-corrected chi connectivity index (χ4v) is 1.71. The van der Waals surface area contributed by atoms with Crippen molar-refractivity contribution < 1.29 is 0 Å². The van der Waals surface area contributed by atoms with Gasteiger partial charge in [-0.1, -0.05) is 0 Å². The fraction of sp³-hybridized carbons (Fsp3) is 0.625. The Morgan fingerprint density at radius 2 is 2.45 bits per heavy atom. The first kappa shape index (κ1) is 6.85. The number of hydrogen-bond donors (Lipinski definition) is 2. The van der Waals surface area contributed by atoms with E-state index in [-0.39, 0.29) is 0 Å². The molecule has 0 saturated carbocycles. The van der Waals surface area contributed by atoms with Crippen LogP contribution in [0.25, 0.3) is 0 Å². The summed E-state index contributed by atoms with van der Waals surface area (Å²) in [6.07, 6.45) is 5.26. The molecular weight excluding hydrogens is 138 g/mol. The van der Waals surface area contributed by atoms with E-state index in [1.807, 2.05) is 6.21 Å². The van der Waals surface area contributed by atoms with E-state index in [1.165, 1.54) is 6.42 Å². The molecule has 0 aromatic heterocycles. The molecule has 0 aliphatic carbocycles. The number of piperidine rings is 1. The van der Waals surface area contributed by atoms with Gasteiger partial charge in [0.2, 0.25) is 0 Å². The number of aliphatic imine (C=N–C) groups is 1. The van der Waals surface area contributed by atoms with Gasteiger partial charge in [-0.05, 0) is 19.0 Å². The van der Waals surface area contributed by atoms with E-state index in [9.17, 15) is 0 Å². The molecule has 2 unspecified atom stereocenters. The van der Waals surface area contributed by atoms with Crippen LogP contribution in [0.1, 0.15) is 6.42 Å². The van der Waals surface area contributed by atoms with Crippen molar-refractivity contribution in [2.24, 2.45) is 22.6 Å². The number of rotatable bonds is 0. The van der Waals surface area contributed by atoms with E-state index in [0.717, 1.165) is 13.1 Å². The van der Waals surface area contributed by atoms with Crippen molar-refractivity contribution in [3.63, 3.8) is 0 Å². The summed E-state index contributed by atoms with van der Waals surface area (Å²) >= 11 is 0. The van der Waals surface area contributed by atoms with Gasteiger partial charge in [0.25, 0.3) is 0 Å². The van der Waals surface area contributed by atoms with Crippen molar-refractivity contribution >= 4 is 6.21 Å². The molecule has 0 amide bonds. The van der Waals surface area contributed by atoms with E-state index >= 15 is 0 Å². The van der Waals surface area contributed by atoms with Crippen LogP contribution in [0.15, 0.2) is 16.9 Å². The third kappa shape index (κ3) is 1.28. The van der Waals surface area contributed by atoms with E-state index in [4.69, 9.17) is 5.73 Å². The average molecular weight is 151 g/mol. The quantitative estimate of drug-likeness (QED) is 0.515. The monoisotopic (exact) mass is 151 g/mol. The normalized spacial score (nSPS) is 36.2. The Bertz CT molecular complexity index is 207. The maximum atomic E-state index is 5.58. The van der Waals surface area contributed by atoms with E-state index in [1.54, 1.807) is 0 Å². The lowest BCUT2D eigenvalue weighted by molar-refractivity contribution is 0.375. The van der Waals surface area contributed by atoms with Gasteiger partial charge in [0.05, 0.1) is 0 Å². The average Bonchev–Trinajstić information content (AvgIpc) is 2.04. The summed E-state index contributed by atoms with van der Waals surface area (Å²) in [5.74, 6) is 1.89. The van der Waals surface area contributed by atoms with Gasteiger partial charge in [-0.2, -0.15) is 0 Å². The van der Waals surface area contributed by atoms with Crippen LogP contribution in [0.4, 0.5) is 0 Å². The minimum Gasteiger partial charge on any atom is -0.384 e. The smallest absolute Gasteiger partial charge is 0.119 e. The number of hydrogen-bond acceptors (Lipinski definition) is 3. The molecule has 2 heterocycles. The highest BCUT2D eigenvalue weighted by Gasteiger charge is 2.23. The summed E-state index contributed by atoms with van der Waals surface area (Å²) in [5, 5.41) is 3.34. The summed E-state index contributed by atoms with van der Waals surface area (Å²) in [4.78, 5) is 4.10. The predicted molar refractivity (Wildman–Crippen MR) is 45.2 cm³/mol. The van der Waals surface area contributed by atoms with Gasteiger partial charge in [-0.3, -0.25) is 0 Å². The number of fused-ring (bicyclic) bond motifs is 1. The first-order chi connectivity index (χ1) is 5.36. The molecule has 0 bridgehead atoms. The predicted octanol–water partition coefficient (Wildman–Crippen LogP) is 0.0966. The zero-order valence-corrected chi connectivity index (χ0v) is 6.46. The van der Waals surface area contributed by atoms with Gasteiger partial charge < -0.3 is 11.1 Å². The second-order valence-electron chi connectivity index (χ2n) is 3.19. The fourth-order valence-electron chi connectivity index (χ4n) is 1.71. The van der Waals surface area contributed by atoms with Crippen molar-refractivity contribution in [1.82, 2.24) is 5.32 Å². The molecule has 3 N–H and O–H groups in total. The van der Waals surface area contributed by atoms with Gasteiger partial charge in [0, 0.05) is 24.6 Å². The van der Waals surface area contributed by atoms with Crippen LogP contribution in [0, 0.1) is 11.8 Å². The second-order valence-corrected chi connectivity index (χ2v) is 3.19. The molecule has 3 nitrogen and oxygen atoms in total. The lowest BCUT2D eigenvalue weighted by Crippen LogP contribution is -2.37. The standard InChI is InChI=1S/C8H13N3/c9-8-3-7-4-10-2-1-6(7)5-11-8/h3,5-7,10H,1-2,4,9H2. The minimum absolute atomic E-state index is 0.584. The number of nitrogens with zero attached hydrogens (tertiary/aromatic N) is 1. The molecule has 60 valence electrons. The van der Waals surface area contributed by atoms with Crippen LogP contribution in [0.2, 0.25) is 0 Å². The summed E-state index contributed by atoms with van der Waals surface area (Å²) in [7, 11) is 0. The van der Waals surface area contributed by atoms with Crippen molar-refractivity contribution in [3.05, 3.63) is 11.9 Å². The molecule has 1 saturated heterocycles. The topological polar surface area (TPSA) is 50.4 Å². The van der Waals surface area contributed by atoms with Crippen LogP contribution in [0.3, 0.4) is 0 Å². The Morgan fingerprint density at radius 3 is 3.36 bits per heavy atom. The Labute approximate surface area is 66.4 Å². The molecule has 0 aromatic rings. The third-order valence-electron chi connectivity index (χ3n) is 2.38. The molecule has 0 radical (unpaired) electrons. The van der Waals surface area contributed by atoms with Crippen molar-refractivity contribution in [1.29, 1.82) is 0 Å². The van der Waals surface area contributed by atoms with E-state index in [2.05, 4.69) is 16.4 Å². The highest BCUT2D eigenvalue weighted by Crippen LogP contribution is 2.22. The Balaban J connectivity index is 2.13. The molecule has 3 heteroatoms. The molecule has 2 atom stereocenters. The molecule has 11 heavy (non-hydrogen) atoms. The molecule has 2 aliphatic heterocycles. The molecular formula is C8H13N3. The first-order valence-electron chi connectivity index (χ1n) is 4.08. The number of nitrogens with one attached hydrogen (secondary N) is 1. The highest BCUT2D eigenvalue weighted by atomic mass is 14.9. The third-order valence-corrected chi connectivity index (χ3v) is 2.38. The lowest BCUT2D eigenvalue weighted by Gasteiger charge is -2.29. The van der Waals surface area contributed by atoms with Crippen LogP contribution in [-0.2, 0) is 0 Å². The SMILES string of the molecule is NC1=CC2CNCCC2C=N1. The Morgan fingerprint density at radius 1 is 1.55 bits per heavy atom. The molecule has 2 aliphatic rings. The lowest BCUT2D eigenvalue weighted by atomic mass is 9.86. The van der Waals surface area contributed by atoms with Crippen LogP contribution in [-0.4, -0.2) is 19.3 Å². The van der Waals surface area contributed by atoms with Gasteiger partial charge in [0.1, 0.15) is 5.82 Å². The summed E-state index contributed by atoms with van der Waals surface area (Å²) in [6, 6.07) is 0. The largest absolute Gasteiger partial charge is 0.384 e. The van der Waals surface area contributed by atoms with E-state index in [0.29, 0.717) is 17.7 Å². The zero-order chi connectivity index (χ0) is 7.68. The Kier molecular flexibility index (Phi) is 1.66. The second kappa shape index (κ2) is 2.66. The summed E-state index contributed by atoms with van der Waals surface area (Å²) in [6.45, 7) is 2.16. The minimum atomic E-state index is 0.584. The number of nitrogens with two attached hydrogens (primary N) is 1. The molecule has 0 spiro atoms. The van der Waals surface area contributed by atoms with Crippen molar-refractivity contribution in [2.45, 2.75) is 6.42 Å². The summed E-state index contributed by atoms with van der Waals surface area (Å²) in [5.41, 5.74) is 5.58. The van der Waals surface area contributed by atoms with E-state index < -0.39 is 0 Å². The first-order valence-corrected chi connectivity index (χ1v) is 4.08. The maximum Gasteiger partial charge on any atom is 0.119 e. The van der Waals surface area contributed by atoms with Gasteiger partial charge in [-0.15, -0.1) is 0 Å². The maximum absolute atomic E-state index is 5.58. The Hall–Kier alpha value is -0.830. The highest BCUT2D eigenvalue weighted by molar-refractivity contribution is 5.64. The van der Waals surface area contributed by atoms with Gasteiger partial charge >= 0.3 is 0 Å².